The first-order valence-corrected chi connectivity index (χ1v) is 9.66. The van der Waals surface area contributed by atoms with Gasteiger partial charge in [0, 0.05) is 38.1 Å². The fourth-order valence-electron chi connectivity index (χ4n) is 3.44. The second kappa shape index (κ2) is 7.88. The number of nitrogens with one attached hydrogen (secondary N) is 1. The zero-order valence-corrected chi connectivity index (χ0v) is 15.6. The van der Waals surface area contributed by atoms with Crippen molar-refractivity contribution in [2.75, 3.05) is 18.4 Å². The van der Waals surface area contributed by atoms with Gasteiger partial charge in [0.1, 0.15) is 17.7 Å². The van der Waals surface area contributed by atoms with Crippen molar-refractivity contribution in [1.82, 2.24) is 34.6 Å². The van der Waals surface area contributed by atoms with Crippen LogP contribution in [0.5, 0.6) is 0 Å². The molecule has 0 aliphatic carbocycles. The number of nitrogens with zero attached hydrogens (tertiary/aromatic N) is 7. The molecule has 1 N–H and O–H groups in total. The molecule has 1 atom stereocenters. The van der Waals surface area contributed by atoms with Gasteiger partial charge in [0.25, 0.3) is 0 Å². The highest BCUT2D eigenvalue weighted by Crippen LogP contribution is 2.23. The summed E-state index contributed by atoms with van der Waals surface area (Å²) in [7, 11) is 2.05. The number of imidazole rings is 1. The van der Waals surface area contributed by atoms with E-state index >= 15 is 0 Å². The maximum Gasteiger partial charge on any atom is 0.210 e. The third-order valence-electron chi connectivity index (χ3n) is 4.72. The quantitative estimate of drug-likeness (QED) is 0.712. The predicted molar refractivity (Wildman–Crippen MR) is 100 cm³/mol. The largest absolute Gasteiger partial charge is 0.337 e. The van der Waals surface area contributed by atoms with Gasteiger partial charge in [-0.1, -0.05) is 11.3 Å². The Morgan fingerprint density at radius 1 is 1.35 bits per heavy atom. The number of hydrogen-bond acceptors (Lipinski definition) is 8. The Morgan fingerprint density at radius 3 is 3.12 bits per heavy atom. The van der Waals surface area contributed by atoms with Crippen LogP contribution in [0, 0.1) is 5.92 Å². The van der Waals surface area contributed by atoms with Crippen molar-refractivity contribution in [3.05, 3.63) is 41.8 Å². The second-order valence-electron chi connectivity index (χ2n) is 6.71. The number of likely N-dealkylation sites (tertiary alicyclic amines) is 1. The Kier molecular flexibility index (Phi) is 5.16. The summed E-state index contributed by atoms with van der Waals surface area (Å²) in [5, 5.41) is 11.7. The third kappa shape index (κ3) is 4.23. The van der Waals surface area contributed by atoms with Crippen LogP contribution >= 0.6 is 11.3 Å². The van der Waals surface area contributed by atoms with Crippen LogP contribution in [0.4, 0.5) is 10.9 Å². The lowest BCUT2D eigenvalue weighted by molar-refractivity contribution is 0.163. The zero-order chi connectivity index (χ0) is 17.8. The molecular weight excluding hydrogens is 348 g/mol. The van der Waals surface area contributed by atoms with Gasteiger partial charge >= 0.3 is 0 Å². The number of anilines is 2. The highest BCUT2D eigenvalue weighted by molar-refractivity contribution is 7.13. The molecule has 0 aromatic carbocycles. The maximum absolute atomic E-state index is 4.46. The minimum absolute atomic E-state index is 0.612. The first-order chi connectivity index (χ1) is 12.8. The summed E-state index contributed by atoms with van der Waals surface area (Å²) in [5.41, 5.74) is 4.03. The summed E-state index contributed by atoms with van der Waals surface area (Å²) in [4.78, 5) is 15.5. The van der Waals surface area contributed by atoms with Crippen molar-refractivity contribution < 1.29 is 0 Å². The minimum atomic E-state index is 0.612. The molecule has 0 spiro atoms. The molecule has 9 heteroatoms. The van der Waals surface area contributed by atoms with Crippen molar-refractivity contribution in [2.45, 2.75) is 25.8 Å². The van der Waals surface area contributed by atoms with Crippen molar-refractivity contribution in [1.29, 1.82) is 0 Å². The molecule has 3 aromatic heterocycles. The van der Waals surface area contributed by atoms with Crippen LogP contribution in [0.15, 0.2) is 30.4 Å². The monoisotopic (exact) mass is 370 g/mol. The number of rotatable bonds is 6. The molecule has 1 aliphatic rings. The van der Waals surface area contributed by atoms with E-state index < -0.39 is 0 Å². The van der Waals surface area contributed by atoms with Gasteiger partial charge in [-0.3, -0.25) is 4.90 Å². The van der Waals surface area contributed by atoms with E-state index in [-0.39, 0.29) is 0 Å². The first kappa shape index (κ1) is 17.0. The number of aryl methyl sites for hydroxylation is 1. The van der Waals surface area contributed by atoms with E-state index in [2.05, 4.69) is 47.0 Å². The molecule has 4 heterocycles. The van der Waals surface area contributed by atoms with Gasteiger partial charge in [-0.2, -0.15) is 0 Å². The summed E-state index contributed by atoms with van der Waals surface area (Å²) < 4.78 is 2.10. The Balaban J connectivity index is 1.36. The number of hydrogen-bond donors (Lipinski definition) is 1. The average Bonchev–Trinajstić information content (AvgIpc) is 3.28. The van der Waals surface area contributed by atoms with Crippen molar-refractivity contribution in [2.24, 2.45) is 13.0 Å². The van der Waals surface area contributed by atoms with Gasteiger partial charge in [-0.15, -0.1) is 10.2 Å². The molecule has 136 valence electrons. The topological polar surface area (TPSA) is 84.7 Å². The fraction of sp³-hybridized carbons (Fsp3) is 0.471. The Morgan fingerprint density at radius 2 is 2.31 bits per heavy atom. The fourth-order valence-corrected chi connectivity index (χ4v) is 3.89. The van der Waals surface area contributed by atoms with E-state index in [9.17, 15) is 0 Å². The van der Waals surface area contributed by atoms with E-state index in [1.165, 1.54) is 29.9 Å². The molecule has 0 radical (unpaired) electrons. The van der Waals surface area contributed by atoms with Crippen LogP contribution in [0.3, 0.4) is 0 Å². The maximum atomic E-state index is 4.46. The Hall–Kier alpha value is -2.39. The van der Waals surface area contributed by atoms with Crippen LogP contribution in [0.25, 0.3) is 0 Å². The average molecular weight is 370 g/mol. The summed E-state index contributed by atoms with van der Waals surface area (Å²) in [6.45, 7) is 3.20. The number of aromatic nitrogens is 6. The summed E-state index contributed by atoms with van der Waals surface area (Å²) in [6, 6.07) is 2.02. The normalized spacial score (nSPS) is 18.1. The van der Waals surface area contributed by atoms with Gasteiger partial charge in [0.2, 0.25) is 5.13 Å². The second-order valence-corrected chi connectivity index (χ2v) is 7.54. The van der Waals surface area contributed by atoms with Gasteiger partial charge in [-0.25, -0.2) is 15.0 Å². The van der Waals surface area contributed by atoms with Gasteiger partial charge in [-0.05, 0) is 31.7 Å². The minimum Gasteiger partial charge on any atom is -0.337 e. The molecule has 0 amide bonds. The highest BCUT2D eigenvalue weighted by Gasteiger charge is 2.21. The van der Waals surface area contributed by atoms with Crippen LogP contribution in [-0.4, -0.2) is 47.7 Å². The zero-order valence-electron chi connectivity index (χ0n) is 14.7. The Bertz CT molecular complexity index is 831. The predicted octanol–water partition coefficient (Wildman–Crippen LogP) is 2.26. The molecule has 4 rings (SSSR count). The SMILES string of the molecule is Cn1cncc1CN1CCC[C@@H](Cc2cc(Nc3nncs3)ncn2)C1. The van der Waals surface area contributed by atoms with E-state index in [1.807, 2.05) is 18.6 Å². The van der Waals surface area contributed by atoms with Gasteiger partial charge in [0.05, 0.1) is 12.0 Å². The number of piperidine rings is 1. The van der Waals surface area contributed by atoms with Crippen molar-refractivity contribution in [3.8, 4) is 0 Å². The van der Waals surface area contributed by atoms with Crippen molar-refractivity contribution >= 4 is 22.3 Å². The van der Waals surface area contributed by atoms with E-state index in [0.717, 1.165) is 42.7 Å². The lowest BCUT2D eigenvalue weighted by Gasteiger charge is -2.32. The van der Waals surface area contributed by atoms with Crippen LogP contribution in [0.2, 0.25) is 0 Å². The first-order valence-electron chi connectivity index (χ1n) is 8.78. The molecular formula is C17H22N8S. The lowest BCUT2D eigenvalue weighted by atomic mass is 9.93. The molecule has 1 fully saturated rings. The van der Waals surface area contributed by atoms with Crippen molar-refractivity contribution in [3.63, 3.8) is 0 Å². The van der Waals surface area contributed by atoms with Crippen LogP contribution < -0.4 is 5.32 Å². The van der Waals surface area contributed by atoms with E-state index in [1.54, 1.807) is 11.8 Å². The van der Waals surface area contributed by atoms with E-state index in [0.29, 0.717) is 5.92 Å². The van der Waals surface area contributed by atoms with Crippen LogP contribution in [0.1, 0.15) is 24.2 Å². The molecule has 1 aliphatic heterocycles. The molecule has 0 saturated carbocycles. The molecule has 8 nitrogen and oxygen atoms in total. The molecule has 0 unspecified atom stereocenters. The van der Waals surface area contributed by atoms with Crippen LogP contribution in [-0.2, 0) is 20.0 Å². The summed E-state index contributed by atoms with van der Waals surface area (Å²) in [5.74, 6) is 1.38. The van der Waals surface area contributed by atoms with Gasteiger partial charge < -0.3 is 9.88 Å². The molecule has 0 bridgehead atoms. The standard InChI is InChI=1S/C17H22N8S/c1-24-11-18-7-15(24)9-25-4-2-3-13(8-25)5-14-6-16(20-10-19-14)22-17-23-21-12-26-17/h6-7,10-13H,2-5,8-9H2,1H3,(H,19,20,22,23)/t13-/m0/s1. The lowest BCUT2D eigenvalue weighted by Crippen LogP contribution is -2.36. The summed E-state index contributed by atoms with van der Waals surface area (Å²) >= 11 is 1.45. The molecule has 3 aromatic rings. The Labute approximate surface area is 156 Å². The van der Waals surface area contributed by atoms with E-state index in [4.69, 9.17) is 0 Å². The summed E-state index contributed by atoms with van der Waals surface area (Å²) in [6.07, 6.45) is 8.88. The van der Waals surface area contributed by atoms with Gasteiger partial charge in [0.15, 0.2) is 0 Å². The molecule has 26 heavy (non-hydrogen) atoms. The smallest absolute Gasteiger partial charge is 0.210 e. The third-order valence-corrected chi connectivity index (χ3v) is 5.33. The molecule has 1 saturated heterocycles. The highest BCUT2D eigenvalue weighted by atomic mass is 32.1.